The van der Waals surface area contributed by atoms with Crippen LogP contribution in [0.2, 0.25) is 5.02 Å². The zero-order chi connectivity index (χ0) is 22.1. The molecule has 0 saturated carbocycles. The third-order valence-electron chi connectivity index (χ3n) is 4.34. The first kappa shape index (κ1) is 22.2. The van der Waals surface area contributed by atoms with Crippen LogP contribution >= 0.6 is 11.6 Å². The van der Waals surface area contributed by atoms with Crippen molar-refractivity contribution in [3.63, 3.8) is 0 Å². The van der Waals surface area contributed by atoms with Gasteiger partial charge in [0.25, 0.3) is 5.91 Å². The van der Waals surface area contributed by atoms with E-state index in [0.29, 0.717) is 41.0 Å². The molecule has 0 bridgehead atoms. The summed E-state index contributed by atoms with van der Waals surface area (Å²) >= 11 is 6.17. The summed E-state index contributed by atoms with van der Waals surface area (Å²) in [5.41, 5.74) is 4.62. The van der Waals surface area contributed by atoms with Crippen LogP contribution in [-0.2, 0) is 6.61 Å². The van der Waals surface area contributed by atoms with E-state index in [1.54, 1.807) is 43.5 Å². The number of hydrazone groups is 1. The lowest BCUT2D eigenvalue weighted by Gasteiger charge is -2.12. The number of nitrogens with zero attached hydrogens (tertiary/aromatic N) is 1. The van der Waals surface area contributed by atoms with Gasteiger partial charge in [-0.25, -0.2) is 5.43 Å². The van der Waals surface area contributed by atoms with E-state index < -0.39 is 0 Å². The molecule has 0 aliphatic heterocycles. The summed E-state index contributed by atoms with van der Waals surface area (Å²) in [6.45, 7) is 2.80. The van der Waals surface area contributed by atoms with Crippen molar-refractivity contribution >= 4 is 23.7 Å². The Hall–Kier alpha value is -3.51. The van der Waals surface area contributed by atoms with Gasteiger partial charge in [0.05, 0.1) is 19.9 Å². The minimum atomic E-state index is -0.314. The van der Waals surface area contributed by atoms with Crippen molar-refractivity contribution in [3.8, 4) is 17.2 Å². The van der Waals surface area contributed by atoms with Crippen molar-refractivity contribution in [1.29, 1.82) is 0 Å². The van der Waals surface area contributed by atoms with Gasteiger partial charge in [-0.2, -0.15) is 5.10 Å². The van der Waals surface area contributed by atoms with E-state index in [4.69, 9.17) is 25.8 Å². The molecule has 0 aliphatic carbocycles. The molecule has 0 fully saturated rings. The topological polar surface area (TPSA) is 69.2 Å². The van der Waals surface area contributed by atoms with Gasteiger partial charge in [0.2, 0.25) is 0 Å². The summed E-state index contributed by atoms with van der Waals surface area (Å²) < 4.78 is 16.6. The summed E-state index contributed by atoms with van der Waals surface area (Å²) in [5.74, 6) is 1.53. The van der Waals surface area contributed by atoms with Crippen molar-refractivity contribution in [1.82, 2.24) is 5.43 Å². The summed E-state index contributed by atoms with van der Waals surface area (Å²) in [6, 6.07) is 19.7. The lowest BCUT2D eigenvalue weighted by Crippen LogP contribution is -2.17. The molecular weight excluding hydrogens is 416 g/mol. The molecule has 1 amide bonds. The fraction of sp³-hybridized carbons (Fsp3) is 0.167. The van der Waals surface area contributed by atoms with Crippen LogP contribution < -0.4 is 19.6 Å². The molecule has 3 aromatic rings. The van der Waals surface area contributed by atoms with Gasteiger partial charge in [-0.3, -0.25) is 4.79 Å². The van der Waals surface area contributed by atoms with Crippen LogP contribution in [-0.4, -0.2) is 25.8 Å². The second-order valence-electron chi connectivity index (χ2n) is 6.45. The standard InChI is InChI=1S/C24H23ClN2O4/c1-3-30-20-11-9-18(10-12-20)24(28)27-26-15-17-8-13-22(23(14-17)29-2)31-16-19-6-4-5-7-21(19)25/h4-15H,3,16H2,1-2H3,(H,27,28). The van der Waals surface area contributed by atoms with E-state index in [-0.39, 0.29) is 5.91 Å². The highest BCUT2D eigenvalue weighted by Gasteiger charge is 2.08. The van der Waals surface area contributed by atoms with E-state index in [9.17, 15) is 4.79 Å². The van der Waals surface area contributed by atoms with Crippen LogP contribution in [0.5, 0.6) is 17.2 Å². The molecule has 0 saturated heterocycles. The highest BCUT2D eigenvalue weighted by molar-refractivity contribution is 6.31. The highest BCUT2D eigenvalue weighted by Crippen LogP contribution is 2.29. The van der Waals surface area contributed by atoms with Crippen molar-refractivity contribution in [2.75, 3.05) is 13.7 Å². The molecule has 0 atom stereocenters. The number of carbonyl (C=O) groups is 1. The number of rotatable bonds is 9. The van der Waals surface area contributed by atoms with E-state index in [2.05, 4.69) is 10.5 Å². The van der Waals surface area contributed by atoms with Crippen LogP contribution in [0, 0.1) is 0 Å². The molecular formula is C24H23ClN2O4. The lowest BCUT2D eigenvalue weighted by molar-refractivity contribution is 0.0955. The van der Waals surface area contributed by atoms with Crippen LogP contribution in [0.1, 0.15) is 28.4 Å². The SMILES string of the molecule is CCOc1ccc(C(=O)NN=Cc2ccc(OCc3ccccc3Cl)c(OC)c2)cc1. The predicted molar refractivity (Wildman–Crippen MR) is 121 cm³/mol. The Morgan fingerprint density at radius 2 is 1.81 bits per heavy atom. The predicted octanol–water partition coefficient (Wildman–Crippen LogP) is 5.09. The van der Waals surface area contributed by atoms with Crippen LogP contribution in [0.15, 0.2) is 71.8 Å². The number of nitrogens with one attached hydrogen (secondary N) is 1. The first-order chi connectivity index (χ1) is 15.1. The second-order valence-corrected chi connectivity index (χ2v) is 6.85. The number of carbonyl (C=O) groups excluding carboxylic acids is 1. The number of hydrogen-bond acceptors (Lipinski definition) is 5. The average molecular weight is 439 g/mol. The minimum Gasteiger partial charge on any atom is -0.494 e. The molecule has 0 aliphatic rings. The quantitative estimate of drug-likeness (QED) is 0.373. The monoisotopic (exact) mass is 438 g/mol. The third-order valence-corrected chi connectivity index (χ3v) is 4.70. The number of ether oxygens (including phenoxy) is 3. The molecule has 6 nitrogen and oxygen atoms in total. The van der Waals surface area contributed by atoms with Crippen LogP contribution in [0.25, 0.3) is 0 Å². The van der Waals surface area contributed by atoms with Gasteiger partial charge in [0, 0.05) is 16.1 Å². The lowest BCUT2D eigenvalue weighted by atomic mass is 10.2. The van der Waals surface area contributed by atoms with E-state index in [1.807, 2.05) is 37.3 Å². The maximum atomic E-state index is 12.2. The van der Waals surface area contributed by atoms with Crippen molar-refractivity contribution in [2.45, 2.75) is 13.5 Å². The van der Waals surface area contributed by atoms with Crippen LogP contribution in [0.4, 0.5) is 0 Å². The summed E-state index contributed by atoms with van der Waals surface area (Å²) in [4.78, 5) is 12.2. The zero-order valence-corrected chi connectivity index (χ0v) is 18.1. The zero-order valence-electron chi connectivity index (χ0n) is 17.3. The fourth-order valence-corrected chi connectivity index (χ4v) is 2.94. The Morgan fingerprint density at radius 1 is 1.03 bits per heavy atom. The molecule has 160 valence electrons. The number of benzene rings is 3. The van der Waals surface area contributed by atoms with Crippen molar-refractivity contribution in [2.24, 2.45) is 5.10 Å². The first-order valence-corrected chi connectivity index (χ1v) is 10.1. The Labute approximate surface area is 186 Å². The van der Waals surface area contributed by atoms with Gasteiger partial charge in [-0.05, 0) is 61.0 Å². The third kappa shape index (κ3) is 6.23. The molecule has 7 heteroatoms. The number of methoxy groups -OCH3 is 1. The molecule has 0 radical (unpaired) electrons. The maximum absolute atomic E-state index is 12.2. The minimum absolute atomic E-state index is 0.314. The summed E-state index contributed by atoms with van der Waals surface area (Å²) in [5, 5.41) is 4.66. The molecule has 0 heterocycles. The van der Waals surface area contributed by atoms with E-state index in [0.717, 1.165) is 11.1 Å². The van der Waals surface area contributed by atoms with Crippen molar-refractivity contribution < 1.29 is 19.0 Å². The fourth-order valence-electron chi connectivity index (χ4n) is 2.75. The van der Waals surface area contributed by atoms with Gasteiger partial charge in [-0.1, -0.05) is 29.8 Å². The molecule has 0 aromatic heterocycles. The summed E-state index contributed by atoms with van der Waals surface area (Å²) in [7, 11) is 1.56. The van der Waals surface area contributed by atoms with E-state index >= 15 is 0 Å². The first-order valence-electron chi connectivity index (χ1n) is 9.71. The number of amides is 1. The maximum Gasteiger partial charge on any atom is 0.271 e. The Kier molecular flexibility index (Phi) is 7.90. The molecule has 1 N–H and O–H groups in total. The van der Waals surface area contributed by atoms with Gasteiger partial charge < -0.3 is 14.2 Å². The number of halogens is 1. The summed E-state index contributed by atoms with van der Waals surface area (Å²) in [6.07, 6.45) is 1.53. The second kappa shape index (κ2) is 11.0. The normalized spacial score (nSPS) is 10.7. The Bertz CT molecular complexity index is 1050. The molecule has 3 rings (SSSR count). The Morgan fingerprint density at radius 3 is 2.52 bits per heavy atom. The molecule has 31 heavy (non-hydrogen) atoms. The van der Waals surface area contributed by atoms with Gasteiger partial charge in [-0.15, -0.1) is 0 Å². The van der Waals surface area contributed by atoms with Gasteiger partial charge in [0.1, 0.15) is 12.4 Å². The van der Waals surface area contributed by atoms with Gasteiger partial charge in [0.15, 0.2) is 11.5 Å². The average Bonchev–Trinajstić information content (AvgIpc) is 2.79. The molecule has 3 aromatic carbocycles. The molecule has 0 spiro atoms. The van der Waals surface area contributed by atoms with Crippen LogP contribution in [0.3, 0.4) is 0 Å². The van der Waals surface area contributed by atoms with Gasteiger partial charge >= 0.3 is 0 Å². The Balaban J connectivity index is 1.60. The van der Waals surface area contributed by atoms with E-state index in [1.165, 1.54) is 6.21 Å². The number of hydrogen-bond donors (Lipinski definition) is 1. The highest BCUT2D eigenvalue weighted by atomic mass is 35.5. The molecule has 0 unspecified atom stereocenters. The largest absolute Gasteiger partial charge is 0.494 e. The van der Waals surface area contributed by atoms with Crippen molar-refractivity contribution in [3.05, 3.63) is 88.4 Å². The smallest absolute Gasteiger partial charge is 0.271 e.